The third kappa shape index (κ3) is 4.02. The highest BCUT2D eigenvalue weighted by Gasteiger charge is 2.29. The molecule has 2 bridgehead atoms. The van der Waals surface area contributed by atoms with Crippen LogP contribution in [-0.2, 0) is 13.1 Å². The van der Waals surface area contributed by atoms with Crippen molar-refractivity contribution in [2.24, 2.45) is 4.99 Å². The summed E-state index contributed by atoms with van der Waals surface area (Å²) in [6, 6.07) is 25.8. The van der Waals surface area contributed by atoms with Crippen molar-refractivity contribution in [3.05, 3.63) is 105 Å². The van der Waals surface area contributed by atoms with Crippen molar-refractivity contribution in [1.29, 1.82) is 0 Å². The lowest BCUT2D eigenvalue weighted by Gasteiger charge is -2.44. The van der Waals surface area contributed by atoms with Gasteiger partial charge in [-0.05, 0) is 108 Å². The summed E-state index contributed by atoms with van der Waals surface area (Å²) < 4.78 is 1.14. The largest absolute Gasteiger partial charge is 0.349 e. The average Bonchev–Trinajstić information content (AvgIpc) is 3.30. The first-order chi connectivity index (χ1) is 18.0. The second-order valence-corrected chi connectivity index (χ2v) is 11.0. The second-order valence-electron chi connectivity index (χ2n) is 10.0. The van der Waals surface area contributed by atoms with Crippen molar-refractivity contribution in [2.45, 2.75) is 26.9 Å². The highest BCUT2D eigenvalue weighted by atomic mass is 79.9. The molecule has 1 N–H and O–H groups in total. The Morgan fingerprint density at radius 3 is 2.32 bits per heavy atom. The highest BCUT2D eigenvalue weighted by molar-refractivity contribution is 9.10. The summed E-state index contributed by atoms with van der Waals surface area (Å²) >= 11 is 3.62. The number of aromatic nitrogens is 2. The van der Waals surface area contributed by atoms with Gasteiger partial charge in [0, 0.05) is 40.7 Å². The molecule has 0 saturated heterocycles. The molecule has 1 aromatic heterocycles. The van der Waals surface area contributed by atoms with E-state index in [9.17, 15) is 0 Å². The number of fused-ring (bicyclic) bond motifs is 7. The van der Waals surface area contributed by atoms with E-state index in [0.717, 1.165) is 57.9 Å². The van der Waals surface area contributed by atoms with Crippen LogP contribution in [0.5, 0.6) is 0 Å². The number of H-pyrrole nitrogens is 1. The van der Waals surface area contributed by atoms with Crippen LogP contribution in [-0.4, -0.2) is 22.9 Å². The van der Waals surface area contributed by atoms with Crippen LogP contribution in [0.3, 0.4) is 0 Å². The van der Waals surface area contributed by atoms with E-state index >= 15 is 0 Å². The molecule has 0 atom stereocenters. The van der Waals surface area contributed by atoms with Gasteiger partial charge in [0.25, 0.3) is 0 Å². The van der Waals surface area contributed by atoms with Crippen LogP contribution < -0.4 is 9.80 Å². The van der Waals surface area contributed by atoms with Gasteiger partial charge < -0.3 is 14.8 Å². The van der Waals surface area contributed by atoms with Crippen LogP contribution in [0, 0.1) is 13.8 Å². The molecule has 0 spiro atoms. The van der Waals surface area contributed by atoms with Crippen molar-refractivity contribution in [3.8, 4) is 11.4 Å². The molecular weight excluding hydrogens is 522 g/mol. The zero-order valence-corrected chi connectivity index (χ0v) is 22.4. The normalized spacial score (nSPS) is 14.4. The molecule has 0 saturated carbocycles. The van der Waals surface area contributed by atoms with Gasteiger partial charge >= 0.3 is 0 Å². The fraction of sp³-hybridized carbons (Fsp3) is 0.161. The SMILES string of the molecule is Cc1cc2nc(-c3ccc(N=Cc4ccc5c(c4)CN4CN5Cc5cc(Br)ccc54)cc3)[nH]c2cc1C. The predicted molar refractivity (Wildman–Crippen MR) is 156 cm³/mol. The topological polar surface area (TPSA) is 47.5 Å². The molecule has 3 heterocycles. The third-order valence-corrected chi connectivity index (χ3v) is 7.98. The quantitative estimate of drug-likeness (QED) is 0.236. The molecule has 5 aromatic rings. The van der Waals surface area contributed by atoms with E-state index in [1.54, 1.807) is 0 Å². The van der Waals surface area contributed by atoms with Gasteiger partial charge in [0.1, 0.15) is 5.82 Å². The van der Waals surface area contributed by atoms with Crippen molar-refractivity contribution in [1.82, 2.24) is 9.97 Å². The van der Waals surface area contributed by atoms with E-state index in [-0.39, 0.29) is 0 Å². The Morgan fingerprint density at radius 2 is 1.54 bits per heavy atom. The van der Waals surface area contributed by atoms with Crippen molar-refractivity contribution >= 4 is 50.2 Å². The minimum atomic E-state index is 0.884. The molecule has 2 aliphatic rings. The Morgan fingerprint density at radius 1 is 0.838 bits per heavy atom. The van der Waals surface area contributed by atoms with Crippen molar-refractivity contribution in [3.63, 3.8) is 0 Å². The van der Waals surface area contributed by atoms with E-state index < -0.39 is 0 Å². The lowest BCUT2D eigenvalue weighted by Crippen LogP contribution is -2.46. The Kier molecular flexibility index (Phi) is 5.18. The summed E-state index contributed by atoms with van der Waals surface area (Å²) in [4.78, 5) is 17.9. The molecular formula is C31H26BrN5. The molecule has 5 nitrogen and oxygen atoms in total. The molecule has 0 unspecified atom stereocenters. The second kappa shape index (κ2) is 8.60. The molecule has 0 amide bonds. The Labute approximate surface area is 224 Å². The first-order valence-corrected chi connectivity index (χ1v) is 13.3. The zero-order valence-electron chi connectivity index (χ0n) is 20.8. The van der Waals surface area contributed by atoms with Gasteiger partial charge in [0.15, 0.2) is 0 Å². The van der Waals surface area contributed by atoms with E-state index in [1.165, 1.54) is 33.6 Å². The van der Waals surface area contributed by atoms with Gasteiger partial charge in [0.05, 0.1) is 23.4 Å². The number of nitrogens with zero attached hydrogens (tertiary/aromatic N) is 4. The molecule has 4 aromatic carbocycles. The number of aryl methyl sites for hydroxylation is 2. The molecule has 0 aliphatic carbocycles. The monoisotopic (exact) mass is 547 g/mol. The number of halogens is 1. The molecule has 0 radical (unpaired) electrons. The highest BCUT2D eigenvalue weighted by Crippen LogP contribution is 2.39. The summed E-state index contributed by atoms with van der Waals surface area (Å²) in [5.41, 5.74) is 13.1. The maximum atomic E-state index is 4.79. The van der Waals surface area contributed by atoms with Crippen LogP contribution in [0.25, 0.3) is 22.4 Å². The number of rotatable bonds is 3. The predicted octanol–water partition coefficient (Wildman–Crippen LogP) is 7.66. The summed E-state index contributed by atoms with van der Waals surface area (Å²) in [5.74, 6) is 0.884. The van der Waals surface area contributed by atoms with Crippen LogP contribution >= 0.6 is 15.9 Å². The number of anilines is 2. The first-order valence-electron chi connectivity index (χ1n) is 12.5. The number of hydrogen-bond donors (Lipinski definition) is 1. The molecule has 2 aliphatic heterocycles. The number of imidazole rings is 1. The summed E-state index contributed by atoms with van der Waals surface area (Å²) in [5, 5.41) is 0. The zero-order chi connectivity index (χ0) is 25.1. The smallest absolute Gasteiger partial charge is 0.138 e. The fourth-order valence-corrected chi connectivity index (χ4v) is 5.82. The maximum Gasteiger partial charge on any atom is 0.138 e. The van der Waals surface area contributed by atoms with Crippen molar-refractivity contribution in [2.75, 3.05) is 16.5 Å². The standard InChI is InChI=1S/C31H26BrN5/c1-19-11-27-28(12-20(19)2)35-31(34-27)22-4-7-26(8-5-22)33-15-21-3-9-29-23(13-21)16-36-18-37(29)17-24-14-25(32)6-10-30(24)36/h3-15H,16-18H2,1-2H3,(H,34,35). The molecule has 7 rings (SSSR count). The van der Waals surface area contributed by atoms with E-state index in [4.69, 9.17) is 9.98 Å². The van der Waals surface area contributed by atoms with Crippen LogP contribution in [0.15, 0.2) is 82.3 Å². The van der Waals surface area contributed by atoms with Gasteiger partial charge in [-0.3, -0.25) is 4.99 Å². The number of benzene rings is 4. The molecule has 6 heteroatoms. The Balaban J connectivity index is 1.11. The maximum absolute atomic E-state index is 4.79. The Bertz CT molecular complexity index is 1660. The minimum absolute atomic E-state index is 0.884. The van der Waals surface area contributed by atoms with Crippen LogP contribution in [0.1, 0.15) is 27.8 Å². The number of hydrogen-bond acceptors (Lipinski definition) is 4. The molecule has 0 fully saturated rings. The average molecular weight is 548 g/mol. The van der Waals surface area contributed by atoms with Crippen LogP contribution in [0.2, 0.25) is 0 Å². The number of aliphatic imine (C=N–C) groups is 1. The van der Waals surface area contributed by atoms with E-state index in [1.807, 2.05) is 18.3 Å². The van der Waals surface area contributed by atoms with Gasteiger partial charge in [-0.25, -0.2) is 4.98 Å². The molecule has 182 valence electrons. The van der Waals surface area contributed by atoms with Crippen molar-refractivity contribution < 1.29 is 0 Å². The lowest BCUT2D eigenvalue weighted by atomic mass is 10.0. The fourth-order valence-electron chi connectivity index (χ4n) is 5.41. The van der Waals surface area contributed by atoms with Gasteiger partial charge in [-0.1, -0.05) is 22.0 Å². The van der Waals surface area contributed by atoms with E-state index in [0.29, 0.717) is 0 Å². The Hall–Kier alpha value is -3.90. The summed E-state index contributed by atoms with van der Waals surface area (Å²) in [6.07, 6.45) is 1.96. The lowest BCUT2D eigenvalue weighted by molar-refractivity contribution is 0.650. The third-order valence-electron chi connectivity index (χ3n) is 7.49. The summed E-state index contributed by atoms with van der Waals surface area (Å²) in [6.45, 7) is 7.03. The van der Waals surface area contributed by atoms with Gasteiger partial charge in [-0.2, -0.15) is 0 Å². The minimum Gasteiger partial charge on any atom is -0.349 e. The first kappa shape index (κ1) is 22.3. The number of nitrogens with one attached hydrogen (secondary N) is 1. The van der Waals surface area contributed by atoms with Gasteiger partial charge in [0.2, 0.25) is 0 Å². The number of aromatic amines is 1. The van der Waals surface area contributed by atoms with Gasteiger partial charge in [-0.15, -0.1) is 0 Å². The molecule has 37 heavy (non-hydrogen) atoms. The van der Waals surface area contributed by atoms with Crippen LogP contribution in [0.4, 0.5) is 17.1 Å². The van der Waals surface area contributed by atoms with E-state index in [2.05, 4.69) is 105 Å². The summed E-state index contributed by atoms with van der Waals surface area (Å²) in [7, 11) is 0.